The summed E-state index contributed by atoms with van der Waals surface area (Å²) in [7, 11) is 3.21. The minimum Gasteiger partial charge on any atom is -0.493 e. The zero-order chi connectivity index (χ0) is 22.3. The number of amides is 1. The van der Waals surface area contributed by atoms with E-state index in [2.05, 4.69) is 15.3 Å². The Hall–Kier alpha value is -3.71. The number of nitrogens with one attached hydrogen (secondary N) is 1. The summed E-state index contributed by atoms with van der Waals surface area (Å²) in [5.41, 5.74) is 3.62. The monoisotopic (exact) mass is 445 g/mol. The Bertz CT molecular complexity index is 1140. The highest BCUT2D eigenvalue weighted by atomic mass is 32.1. The number of thiazole rings is 1. The van der Waals surface area contributed by atoms with Crippen LogP contribution < -0.4 is 14.8 Å². The fourth-order valence-electron chi connectivity index (χ4n) is 3.43. The van der Waals surface area contributed by atoms with E-state index in [1.807, 2.05) is 66.0 Å². The highest BCUT2D eigenvalue weighted by Crippen LogP contribution is 2.33. The predicted octanol–water partition coefficient (Wildman–Crippen LogP) is 4.67. The van der Waals surface area contributed by atoms with E-state index in [0.29, 0.717) is 11.5 Å². The van der Waals surface area contributed by atoms with Gasteiger partial charge in [0.15, 0.2) is 11.5 Å². The topological polar surface area (TPSA) is 73.3 Å². The van der Waals surface area contributed by atoms with Gasteiger partial charge in [-0.3, -0.25) is 9.78 Å². The van der Waals surface area contributed by atoms with Gasteiger partial charge >= 0.3 is 0 Å². The van der Waals surface area contributed by atoms with Crippen LogP contribution >= 0.6 is 11.3 Å². The summed E-state index contributed by atoms with van der Waals surface area (Å²) in [4.78, 5) is 21.6. The molecule has 0 spiro atoms. The van der Waals surface area contributed by atoms with E-state index < -0.39 is 0 Å². The van der Waals surface area contributed by atoms with Crippen molar-refractivity contribution in [3.05, 3.63) is 95.3 Å². The highest BCUT2D eigenvalue weighted by molar-refractivity contribution is 7.13. The van der Waals surface area contributed by atoms with Crippen LogP contribution in [0.2, 0.25) is 0 Å². The molecule has 1 atom stereocenters. The van der Waals surface area contributed by atoms with E-state index in [0.717, 1.165) is 27.4 Å². The fraction of sp³-hybridized carbons (Fsp3) is 0.160. The van der Waals surface area contributed by atoms with Crippen molar-refractivity contribution in [1.82, 2.24) is 15.3 Å². The number of hydrogen-bond donors (Lipinski definition) is 1. The lowest BCUT2D eigenvalue weighted by molar-refractivity contribution is -0.121. The van der Waals surface area contributed by atoms with Gasteiger partial charge in [-0.25, -0.2) is 4.98 Å². The first-order valence-electron chi connectivity index (χ1n) is 10.1. The summed E-state index contributed by atoms with van der Waals surface area (Å²) in [5, 5.41) is 5.88. The molecule has 4 aromatic rings. The lowest BCUT2D eigenvalue weighted by Crippen LogP contribution is -2.30. The van der Waals surface area contributed by atoms with Gasteiger partial charge < -0.3 is 14.8 Å². The maximum Gasteiger partial charge on any atom is 0.226 e. The molecule has 32 heavy (non-hydrogen) atoms. The molecule has 1 unspecified atom stereocenters. The average Bonchev–Trinajstić information content (AvgIpc) is 3.31. The molecule has 0 saturated carbocycles. The number of hydrogen-bond acceptors (Lipinski definition) is 6. The Balaban J connectivity index is 1.50. The van der Waals surface area contributed by atoms with Crippen LogP contribution in [-0.4, -0.2) is 30.1 Å². The average molecular weight is 446 g/mol. The van der Waals surface area contributed by atoms with Gasteiger partial charge in [0.25, 0.3) is 0 Å². The van der Waals surface area contributed by atoms with Crippen LogP contribution in [-0.2, 0) is 11.2 Å². The van der Waals surface area contributed by atoms with Crippen molar-refractivity contribution < 1.29 is 14.3 Å². The number of rotatable bonds is 8. The van der Waals surface area contributed by atoms with Crippen LogP contribution in [0.25, 0.3) is 10.6 Å². The molecule has 0 bridgehead atoms. The Morgan fingerprint density at radius 1 is 0.969 bits per heavy atom. The summed E-state index contributed by atoms with van der Waals surface area (Å²) < 4.78 is 10.7. The van der Waals surface area contributed by atoms with E-state index in [1.54, 1.807) is 26.6 Å². The Kier molecular flexibility index (Phi) is 6.77. The van der Waals surface area contributed by atoms with Crippen molar-refractivity contribution >= 4 is 17.2 Å². The van der Waals surface area contributed by atoms with Crippen molar-refractivity contribution in [2.45, 2.75) is 12.5 Å². The van der Waals surface area contributed by atoms with Gasteiger partial charge in [-0.05, 0) is 41.5 Å². The molecule has 0 saturated heterocycles. The summed E-state index contributed by atoms with van der Waals surface area (Å²) in [6.45, 7) is 0. The van der Waals surface area contributed by atoms with Gasteiger partial charge in [0, 0.05) is 23.3 Å². The Morgan fingerprint density at radius 2 is 1.69 bits per heavy atom. The molecule has 7 heteroatoms. The second kappa shape index (κ2) is 10.1. The molecule has 2 heterocycles. The van der Waals surface area contributed by atoms with Gasteiger partial charge in [0.1, 0.15) is 5.01 Å². The minimum absolute atomic E-state index is 0.0974. The van der Waals surface area contributed by atoms with Crippen LogP contribution in [0.5, 0.6) is 11.5 Å². The van der Waals surface area contributed by atoms with E-state index in [9.17, 15) is 4.79 Å². The number of ether oxygens (including phenoxy) is 2. The van der Waals surface area contributed by atoms with Crippen LogP contribution in [0.1, 0.15) is 22.9 Å². The molecule has 0 aliphatic rings. The normalized spacial score (nSPS) is 11.6. The molecule has 0 aliphatic heterocycles. The molecular weight excluding hydrogens is 422 g/mol. The molecule has 0 radical (unpaired) electrons. The standard InChI is InChI=1S/C25H23N3O3S/c1-30-21-9-8-19(14-22(21)31-2)25-27-20(16-32-25)15-23(29)28-24(17-6-4-3-5-7-17)18-10-12-26-13-11-18/h3-14,16,24H,15H2,1-2H3,(H,28,29). The predicted molar refractivity (Wildman–Crippen MR) is 125 cm³/mol. The molecule has 2 aromatic carbocycles. The molecule has 0 fully saturated rings. The van der Waals surface area contributed by atoms with Crippen LogP contribution in [0.4, 0.5) is 0 Å². The van der Waals surface area contributed by atoms with Crippen molar-refractivity contribution in [3.8, 4) is 22.1 Å². The molecule has 1 amide bonds. The van der Waals surface area contributed by atoms with Crippen LogP contribution in [0, 0.1) is 0 Å². The SMILES string of the molecule is COc1ccc(-c2nc(CC(=O)NC(c3ccccc3)c3ccncc3)cs2)cc1OC. The van der Waals surface area contributed by atoms with Crippen molar-refractivity contribution in [2.24, 2.45) is 0 Å². The summed E-state index contributed by atoms with van der Waals surface area (Å²) in [6, 6.07) is 19.1. The third-order valence-corrected chi connectivity index (χ3v) is 5.94. The van der Waals surface area contributed by atoms with E-state index >= 15 is 0 Å². The number of benzene rings is 2. The largest absolute Gasteiger partial charge is 0.493 e. The number of carbonyl (C=O) groups is 1. The molecule has 162 valence electrons. The van der Waals surface area contributed by atoms with Crippen molar-refractivity contribution in [3.63, 3.8) is 0 Å². The molecule has 6 nitrogen and oxygen atoms in total. The first-order chi connectivity index (χ1) is 15.7. The molecule has 4 rings (SSSR count). The highest BCUT2D eigenvalue weighted by Gasteiger charge is 2.18. The van der Waals surface area contributed by atoms with Crippen molar-refractivity contribution in [1.29, 1.82) is 0 Å². The number of methoxy groups -OCH3 is 2. The van der Waals surface area contributed by atoms with Crippen LogP contribution in [0.3, 0.4) is 0 Å². The third-order valence-electron chi connectivity index (χ3n) is 5.00. The maximum absolute atomic E-state index is 12.9. The number of aromatic nitrogens is 2. The second-order valence-electron chi connectivity index (χ2n) is 7.08. The maximum atomic E-state index is 12.9. The van der Waals surface area contributed by atoms with E-state index in [1.165, 1.54) is 11.3 Å². The first kappa shape index (κ1) is 21.5. The van der Waals surface area contributed by atoms with Crippen molar-refractivity contribution in [2.75, 3.05) is 14.2 Å². The van der Waals surface area contributed by atoms with Gasteiger partial charge in [-0.1, -0.05) is 30.3 Å². The zero-order valence-electron chi connectivity index (χ0n) is 17.8. The second-order valence-corrected chi connectivity index (χ2v) is 7.94. The minimum atomic E-state index is -0.254. The number of nitrogens with zero attached hydrogens (tertiary/aromatic N) is 2. The lowest BCUT2D eigenvalue weighted by atomic mass is 9.99. The number of carbonyl (C=O) groups excluding carboxylic acids is 1. The summed E-state index contributed by atoms with van der Waals surface area (Å²) in [6.07, 6.45) is 3.65. The third kappa shape index (κ3) is 4.95. The Morgan fingerprint density at radius 3 is 2.41 bits per heavy atom. The van der Waals surface area contributed by atoms with Gasteiger partial charge in [-0.2, -0.15) is 0 Å². The molecule has 2 aromatic heterocycles. The zero-order valence-corrected chi connectivity index (χ0v) is 18.6. The van der Waals surface area contributed by atoms with Crippen LogP contribution in [0.15, 0.2) is 78.4 Å². The van der Waals surface area contributed by atoms with Gasteiger partial charge in [0.2, 0.25) is 5.91 Å². The van der Waals surface area contributed by atoms with E-state index in [-0.39, 0.29) is 18.4 Å². The lowest BCUT2D eigenvalue weighted by Gasteiger charge is -2.19. The van der Waals surface area contributed by atoms with E-state index in [4.69, 9.17) is 9.47 Å². The first-order valence-corrected chi connectivity index (χ1v) is 11.0. The quantitative estimate of drug-likeness (QED) is 0.427. The molecular formula is C25H23N3O3S. The van der Waals surface area contributed by atoms with Gasteiger partial charge in [0.05, 0.1) is 32.4 Å². The molecule has 0 aliphatic carbocycles. The van der Waals surface area contributed by atoms with Gasteiger partial charge in [-0.15, -0.1) is 11.3 Å². The Labute approximate surface area is 190 Å². The smallest absolute Gasteiger partial charge is 0.226 e. The number of pyridine rings is 1. The summed E-state index contributed by atoms with van der Waals surface area (Å²) in [5.74, 6) is 1.21. The summed E-state index contributed by atoms with van der Waals surface area (Å²) >= 11 is 1.49. The molecule has 1 N–H and O–H groups in total. The fourth-order valence-corrected chi connectivity index (χ4v) is 4.24.